The highest BCUT2D eigenvalue weighted by Crippen LogP contribution is 2.46. The van der Waals surface area contributed by atoms with E-state index in [1.165, 1.54) is 12.2 Å². The molecule has 152 valence electrons. The van der Waals surface area contributed by atoms with Gasteiger partial charge in [-0.1, -0.05) is 51.1 Å². The summed E-state index contributed by atoms with van der Waals surface area (Å²) in [4.78, 5) is 13.9. The fourth-order valence-corrected chi connectivity index (χ4v) is 4.04. The zero-order chi connectivity index (χ0) is 20.5. The minimum absolute atomic E-state index is 0.0459. The Morgan fingerprint density at radius 2 is 1.86 bits per heavy atom. The van der Waals surface area contributed by atoms with Crippen LogP contribution in [0.4, 0.5) is 8.78 Å². The number of hydrogen-bond acceptors (Lipinski definition) is 3. The smallest absolute Gasteiger partial charge is 0.231 e. The van der Waals surface area contributed by atoms with E-state index in [4.69, 9.17) is 10.5 Å². The van der Waals surface area contributed by atoms with Gasteiger partial charge >= 0.3 is 0 Å². The molecule has 1 saturated heterocycles. The van der Waals surface area contributed by atoms with Crippen LogP contribution in [0.2, 0.25) is 0 Å². The summed E-state index contributed by atoms with van der Waals surface area (Å²) in [6.45, 7) is 8.19. The van der Waals surface area contributed by atoms with Gasteiger partial charge in [-0.15, -0.1) is 0 Å². The van der Waals surface area contributed by atoms with E-state index in [0.29, 0.717) is 31.9 Å². The quantitative estimate of drug-likeness (QED) is 0.855. The van der Waals surface area contributed by atoms with E-state index in [1.54, 1.807) is 0 Å². The van der Waals surface area contributed by atoms with Crippen LogP contribution in [-0.2, 0) is 14.9 Å². The summed E-state index contributed by atoms with van der Waals surface area (Å²) in [6, 6.07) is 6.81. The van der Waals surface area contributed by atoms with E-state index in [0.717, 1.165) is 11.6 Å². The number of ether oxygens (including phenoxy) is 1. The summed E-state index contributed by atoms with van der Waals surface area (Å²) < 4.78 is 36.3. The fourth-order valence-electron chi connectivity index (χ4n) is 4.04. The molecule has 4 nitrogen and oxygen atoms in total. The number of carbonyl (C=O) groups excluding carboxylic acids is 1. The second kappa shape index (κ2) is 7.76. The molecule has 1 fully saturated rings. The molecule has 6 heteroatoms. The largest absolute Gasteiger partial charge is 0.379 e. The SMILES string of the molecule is CC(C)(C)c1ccc(C(N2CCOCC2)C2(F)C=CC=C(F)C2C(N)=O)cc1. The van der Waals surface area contributed by atoms with E-state index in [1.807, 2.05) is 29.2 Å². The summed E-state index contributed by atoms with van der Waals surface area (Å²) in [5.74, 6) is -3.51. The number of amides is 1. The molecule has 3 rings (SSSR count). The van der Waals surface area contributed by atoms with Gasteiger partial charge in [-0.3, -0.25) is 9.69 Å². The third kappa shape index (κ3) is 3.89. The average molecular weight is 390 g/mol. The molecule has 1 aromatic carbocycles. The molecule has 2 aliphatic rings. The van der Waals surface area contributed by atoms with Crippen molar-refractivity contribution < 1.29 is 18.3 Å². The zero-order valence-electron chi connectivity index (χ0n) is 16.6. The summed E-state index contributed by atoms with van der Waals surface area (Å²) in [6.07, 6.45) is 3.70. The number of allylic oxidation sites excluding steroid dienone is 2. The van der Waals surface area contributed by atoms with Gasteiger partial charge < -0.3 is 10.5 Å². The number of alkyl halides is 1. The number of nitrogens with two attached hydrogens (primary N) is 1. The standard InChI is InChI=1S/C22H28F2N2O2/c1-21(2,3)16-8-6-15(7-9-16)19(26-11-13-28-14-12-26)22(24)10-4-5-17(23)18(22)20(25)27/h4-10,18-19H,11-14H2,1-3H3,(H2,25,27). The Hall–Kier alpha value is -2.05. The minimum Gasteiger partial charge on any atom is -0.379 e. The number of carbonyl (C=O) groups is 1. The van der Waals surface area contributed by atoms with Crippen LogP contribution in [0.15, 0.2) is 48.3 Å². The topological polar surface area (TPSA) is 55.6 Å². The summed E-state index contributed by atoms with van der Waals surface area (Å²) in [5.41, 5.74) is 4.89. The van der Waals surface area contributed by atoms with Gasteiger partial charge in [0.1, 0.15) is 11.7 Å². The van der Waals surface area contributed by atoms with Crippen molar-refractivity contribution in [3.8, 4) is 0 Å². The van der Waals surface area contributed by atoms with Gasteiger partial charge in [-0.2, -0.15) is 0 Å². The second-order valence-electron chi connectivity index (χ2n) is 8.50. The Balaban J connectivity index is 2.08. The number of rotatable bonds is 4. The predicted molar refractivity (Wildman–Crippen MR) is 105 cm³/mol. The molecule has 1 aliphatic carbocycles. The zero-order valence-corrected chi connectivity index (χ0v) is 16.6. The number of halogens is 2. The highest BCUT2D eigenvalue weighted by atomic mass is 19.2. The van der Waals surface area contributed by atoms with E-state index >= 15 is 4.39 Å². The molecule has 28 heavy (non-hydrogen) atoms. The first-order valence-corrected chi connectivity index (χ1v) is 9.60. The summed E-state index contributed by atoms with van der Waals surface area (Å²) in [7, 11) is 0. The Labute approximate surface area is 165 Å². The van der Waals surface area contributed by atoms with Gasteiger partial charge in [0.05, 0.1) is 19.3 Å². The maximum atomic E-state index is 16.5. The third-order valence-corrected chi connectivity index (χ3v) is 5.53. The van der Waals surface area contributed by atoms with Crippen molar-refractivity contribution in [1.29, 1.82) is 0 Å². The molecule has 0 spiro atoms. The van der Waals surface area contributed by atoms with Crippen molar-refractivity contribution >= 4 is 5.91 Å². The lowest BCUT2D eigenvalue weighted by Gasteiger charge is -2.44. The number of hydrogen-bond donors (Lipinski definition) is 1. The molecule has 1 aromatic rings. The van der Waals surface area contributed by atoms with Crippen LogP contribution in [-0.4, -0.2) is 42.8 Å². The summed E-state index contributed by atoms with van der Waals surface area (Å²) in [5, 5.41) is 0. The maximum absolute atomic E-state index is 16.5. The van der Waals surface area contributed by atoms with Crippen LogP contribution >= 0.6 is 0 Å². The third-order valence-electron chi connectivity index (χ3n) is 5.53. The fraction of sp³-hybridized carbons (Fsp3) is 0.500. The monoisotopic (exact) mass is 390 g/mol. The van der Waals surface area contributed by atoms with Gasteiger partial charge in [0.25, 0.3) is 0 Å². The van der Waals surface area contributed by atoms with Crippen LogP contribution in [0.25, 0.3) is 0 Å². The highest BCUT2D eigenvalue weighted by molar-refractivity contribution is 5.82. The van der Waals surface area contributed by atoms with Crippen LogP contribution in [0.5, 0.6) is 0 Å². The van der Waals surface area contributed by atoms with Crippen molar-refractivity contribution in [2.75, 3.05) is 26.3 Å². The first kappa shape index (κ1) is 20.7. The lowest BCUT2D eigenvalue weighted by atomic mass is 9.74. The average Bonchev–Trinajstić information content (AvgIpc) is 2.62. The lowest BCUT2D eigenvalue weighted by Crippen LogP contribution is -2.54. The second-order valence-corrected chi connectivity index (χ2v) is 8.50. The molecular formula is C22H28F2N2O2. The number of benzene rings is 1. The van der Waals surface area contributed by atoms with Crippen molar-refractivity contribution in [3.63, 3.8) is 0 Å². The first-order valence-electron chi connectivity index (χ1n) is 9.60. The number of primary amides is 1. The predicted octanol–water partition coefficient (Wildman–Crippen LogP) is 3.59. The normalized spacial score (nSPS) is 27.3. The molecule has 3 atom stereocenters. The minimum atomic E-state index is -2.29. The first-order chi connectivity index (χ1) is 13.1. The number of nitrogens with zero attached hydrogens (tertiary/aromatic N) is 1. The van der Waals surface area contributed by atoms with Gasteiger partial charge in [-0.25, -0.2) is 8.78 Å². The van der Waals surface area contributed by atoms with Crippen molar-refractivity contribution in [2.45, 2.75) is 37.9 Å². The molecular weight excluding hydrogens is 362 g/mol. The van der Waals surface area contributed by atoms with Crippen LogP contribution in [0.3, 0.4) is 0 Å². The summed E-state index contributed by atoms with van der Waals surface area (Å²) >= 11 is 0. The van der Waals surface area contributed by atoms with Crippen LogP contribution in [0, 0.1) is 5.92 Å². The Bertz CT molecular complexity index is 777. The van der Waals surface area contributed by atoms with Gasteiger partial charge in [0.15, 0.2) is 5.67 Å². The van der Waals surface area contributed by atoms with Crippen molar-refractivity contribution in [1.82, 2.24) is 4.90 Å². The lowest BCUT2D eigenvalue weighted by molar-refractivity contribution is -0.127. The molecule has 1 amide bonds. The maximum Gasteiger partial charge on any atom is 0.231 e. The van der Waals surface area contributed by atoms with E-state index in [-0.39, 0.29) is 5.41 Å². The molecule has 0 bridgehead atoms. The van der Waals surface area contributed by atoms with Crippen molar-refractivity contribution in [2.24, 2.45) is 11.7 Å². The van der Waals surface area contributed by atoms with Gasteiger partial charge in [-0.05, 0) is 28.7 Å². The van der Waals surface area contributed by atoms with Crippen LogP contribution in [0.1, 0.15) is 37.9 Å². The van der Waals surface area contributed by atoms with E-state index in [2.05, 4.69) is 20.8 Å². The molecule has 0 aromatic heterocycles. The molecule has 0 radical (unpaired) electrons. The van der Waals surface area contributed by atoms with Crippen molar-refractivity contribution in [3.05, 3.63) is 59.4 Å². The molecule has 3 unspecified atom stereocenters. The number of morpholine rings is 1. The molecule has 1 heterocycles. The Kier molecular flexibility index (Phi) is 5.73. The van der Waals surface area contributed by atoms with Gasteiger partial charge in [0.2, 0.25) is 5.91 Å². The van der Waals surface area contributed by atoms with Gasteiger partial charge in [0, 0.05) is 13.1 Å². The highest BCUT2D eigenvalue weighted by Gasteiger charge is 2.53. The van der Waals surface area contributed by atoms with E-state index in [9.17, 15) is 9.18 Å². The molecule has 1 aliphatic heterocycles. The Morgan fingerprint density at radius 3 is 2.39 bits per heavy atom. The Morgan fingerprint density at radius 1 is 1.25 bits per heavy atom. The molecule has 2 N–H and O–H groups in total. The molecule has 0 saturated carbocycles. The van der Waals surface area contributed by atoms with E-state index < -0.39 is 29.4 Å². The van der Waals surface area contributed by atoms with Crippen LogP contribution < -0.4 is 5.73 Å².